The summed E-state index contributed by atoms with van der Waals surface area (Å²) < 4.78 is 121. The van der Waals surface area contributed by atoms with Gasteiger partial charge in [0.25, 0.3) is 0 Å². The van der Waals surface area contributed by atoms with Crippen molar-refractivity contribution in [1.29, 1.82) is 0 Å². The van der Waals surface area contributed by atoms with Crippen LogP contribution in [0.25, 0.3) is 22.6 Å². The number of halogens is 9. The minimum atomic E-state index is -5.29. The standard InChI is InChI=1S/C15H7F9N4O/c1-29-7-4-5(13(16,17)18)2-3-6(7)10-25-8-9(14(19,20)21)26-12(15(22,23)24)28-11(8)27-10/h2-4H,1H3,(H,25,26,27,28). The van der Waals surface area contributed by atoms with Gasteiger partial charge in [-0.25, -0.2) is 15.0 Å². The second-order valence-electron chi connectivity index (χ2n) is 5.59. The second-order valence-corrected chi connectivity index (χ2v) is 5.59. The van der Waals surface area contributed by atoms with E-state index in [0.29, 0.717) is 12.1 Å². The fraction of sp³-hybridized carbons (Fsp3) is 0.267. The van der Waals surface area contributed by atoms with Gasteiger partial charge in [0.2, 0.25) is 5.82 Å². The van der Waals surface area contributed by atoms with Crippen LogP contribution in [-0.2, 0) is 18.5 Å². The highest BCUT2D eigenvalue weighted by Crippen LogP contribution is 2.39. The molecule has 5 nitrogen and oxygen atoms in total. The number of aromatic nitrogens is 4. The molecule has 0 aliphatic heterocycles. The van der Waals surface area contributed by atoms with E-state index in [9.17, 15) is 39.5 Å². The van der Waals surface area contributed by atoms with Crippen LogP contribution in [0.1, 0.15) is 17.1 Å². The molecule has 3 aromatic rings. The number of imidazole rings is 1. The number of benzene rings is 1. The molecule has 0 spiro atoms. The number of rotatable bonds is 2. The molecule has 0 atom stereocenters. The summed E-state index contributed by atoms with van der Waals surface area (Å²) in [6.45, 7) is 0. The van der Waals surface area contributed by atoms with E-state index in [-0.39, 0.29) is 5.56 Å². The van der Waals surface area contributed by atoms with E-state index < -0.39 is 58.3 Å². The van der Waals surface area contributed by atoms with Crippen LogP contribution in [0.4, 0.5) is 39.5 Å². The van der Waals surface area contributed by atoms with Gasteiger partial charge < -0.3 is 9.72 Å². The van der Waals surface area contributed by atoms with Gasteiger partial charge in [0.1, 0.15) is 17.1 Å². The van der Waals surface area contributed by atoms with Crippen molar-refractivity contribution in [3.05, 3.63) is 35.3 Å². The molecular weight excluding hydrogens is 423 g/mol. The molecule has 1 aromatic carbocycles. The van der Waals surface area contributed by atoms with Crippen molar-refractivity contribution in [2.24, 2.45) is 0 Å². The van der Waals surface area contributed by atoms with Crippen LogP contribution in [0.2, 0.25) is 0 Å². The largest absolute Gasteiger partial charge is 0.496 e. The van der Waals surface area contributed by atoms with Gasteiger partial charge >= 0.3 is 18.5 Å². The van der Waals surface area contributed by atoms with Gasteiger partial charge in [-0.2, -0.15) is 39.5 Å². The lowest BCUT2D eigenvalue weighted by molar-refractivity contribution is -0.151. The Kier molecular flexibility index (Phi) is 4.62. The monoisotopic (exact) mass is 430 g/mol. The molecule has 3 rings (SSSR count). The summed E-state index contributed by atoms with van der Waals surface area (Å²) in [5.74, 6) is -2.95. The molecule has 0 fully saturated rings. The molecule has 0 amide bonds. The van der Waals surface area contributed by atoms with Crippen LogP contribution in [0.5, 0.6) is 5.75 Å². The van der Waals surface area contributed by atoms with Gasteiger partial charge in [-0.15, -0.1) is 0 Å². The number of H-pyrrole nitrogens is 1. The van der Waals surface area contributed by atoms with Gasteiger partial charge in [-0.1, -0.05) is 0 Å². The van der Waals surface area contributed by atoms with E-state index in [4.69, 9.17) is 4.74 Å². The Balaban J connectivity index is 2.25. The number of hydrogen-bond acceptors (Lipinski definition) is 4. The van der Waals surface area contributed by atoms with E-state index >= 15 is 0 Å². The van der Waals surface area contributed by atoms with Gasteiger partial charge in [0, 0.05) is 0 Å². The Morgan fingerprint density at radius 2 is 1.48 bits per heavy atom. The fourth-order valence-corrected chi connectivity index (χ4v) is 2.41. The first kappa shape index (κ1) is 20.7. The quantitative estimate of drug-likeness (QED) is 0.576. The SMILES string of the molecule is COc1cc(C(F)(F)F)ccc1-c1nc2c(C(F)(F)F)nc(C(F)(F)F)nc2[nH]1. The fourth-order valence-electron chi connectivity index (χ4n) is 2.41. The highest BCUT2D eigenvalue weighted by Gasteiger charge is 2.42. The molecule has 29 heavy (non-hydrogen) atoms. The molecule has 0 saturated carbocycles. The first-order chi connectivity index (χ1) is 13.2. The van der Waals surface area contributed by atoms with Gasteiger partial charge in [0.05, 0.1) is 18.2 Å². The summed E-state index contributed by atoms with van der Waals surface area (Å²) in [4.78, 5) is 11.2. The average molecular weight is 430 g/mol. The zero-order valence-electron chi connectivity index (χ0n) is 13.9. The highest BCUT2D eigenvalue weighted by molar-refractivity contribution is 5.80. The summed E-state index contributed by atoms with van der Waals surface area (Å²) >= 11 is 0. The Morgan fingerprint density at radius 1 is 0.828 bits per heavy atom. The number of aromatic amines is 1. The zero-order chi connectivity index (χ0) is 21.8. The summed E-state index contributed by atoms with van der Waals surface area (Å²) in [6, 6.07) is 2.03. The number of ether oxygens (including phenoxy) is 1. The minimum absolute atomic E-state index is 0.222. The molecule has 2 heterocycles. The lowest BCUT2D eigenvalue weighted by atomic mass is 10.1. The van der Waals surface area contributed by atoms with Crippen molar-refractivity contribution >= 4 is 11.2 Å². The number of alkyl halides is 9. The maximum absolute atomic E-state index is 13.2. The number of hydrogen-bond donors (Lipinski definition) is 1. The van der Waals surface area contributed by atoms with E-state index in [1.165, 1.54) is 0 Å². The molecule has 0 aliphatic carbocycles. The Bertz CT molecular complexity index is 1070. The van der Waals surface area contributed by atoms with E-state index in [0.717, 1.165) is 13.2 Å². The molecule has 0 aliphatic rings. The van der Waals surface area contributed by atoms with Crippen LogP contribution >= 0.6 is 0 Å². The van der Waals surface area contributed by atoms with Crippen molar-refractivity contribution in [2.75, 3.05) is 7.11 Å². The average Bonchev–Trinajstić information content (AvgIpc) is 3.01. The number of nitrogens with one attached hydrogen (secondary N) is 1. The number of nitrogens with zero attached hydrogens (tertiary/aromatic N) is 3. The smallest absolute Gasteiger partial charge is 0.451 e. The molecule has 0 bridgehead atoms. The third-order valence-electron chi connectivity index (χ3n) is 3.65. The summed E-state index contributed by atoms with van der Waals surface area (Å²) in [6.07, 6.45) is -15.3. The molecule has 2 aromatic heterocycles. The normalized spacial score (nSPS) is 13.2. The number of fused-ring (bicyclic) bond motifs is 1. The van der Waals surface area contributed by atoms with Crippen LogP contribution in [0.15, 0.2) is 18.2 Å². The van der Waals surface area contributed by atoms with Gasteiger partial charge in [-0.3, -0.25) is 0 Å². The first-order valence-corrected chi connectivity index (χ1v) is 7.39. The molecule has 1 N–H and O–H groups in total. The summed E-state index contributed by atoms with van der Waals surface area (Å²) in [7, 11) is 1.00. The van der Waals surface area contributed by atoms with Gasteiger partial charge in [-0.05, 0) is 18.2 Å². The topological polar surface area (TPSA) is 63.7 Å². The molecular formula is C15H7F9N4O. The van der Waals surface area contributed by atoms with Crippen molar-refractivity contribution < 1.29 is 44.3 Å². The Hall–Kier alpha value is -3.06. The predicted molar refractivity (Wildman–Crippen MR) is 78.7 cm³/mol. The van der Waals surface area contributed by atoms with Crippen LogP contribution in [0.3, 0.4) is 0 Å². The molecule has 0 unspecified atom stereocenters. The van der Waals surface area contributed by atoms with Crippen LogP contribution in [0, 0.1) is 0 Å². The molecule has 14 heteroatoms. The van der Waals surface area contributed by atoms with Crippen molar-refractivity contribution in [3.8, 4) is 17.1 Å². The van der Waals surface area contributed by atoms with Crippen LogP contribution < -0.4 is 4.74 Å². The van der Waals surface area contributed by atoms with Crippen LogP contribution in [-0.4, -0.2) is 27.0 Å². The molecule has 156 valence electrons. The third kappa shape index (κ3) is 3.91. The van der Waals surface area contributed by atoms with E-state index in [1.54, 1.807) is 0 Å². The maximum atomic E-state index is 13.2. The summed E-state index contributed by atoms with van der Waals surface area (Å²) in [5.41, 5.74) is -5.19. The summed E-state index contributed by atoms with van der Waals surface area (Å²) in [5, 5.41) is 0. The predicted octanol–water partition coefficient (Wildman–Crippen LogP) is 5.08. The van der Waals surface area contributed by atoms with E-state index in [2.05, 4.69) is 19.9 Å². The number of methoxy groups -OCH3 is 1. The van der Waals surface area contributed by atoms with Crippen molar-refractivity contribution in [1.82, 2.24) is 19.9 Å². The van der Waals surface area contributed by atoms with Gasteiger partial charge in [0.15, 0.2) is 11.3 Å². The lowest BCUT2D eigenvalue weighted by Crippen LogP contribution is -2.17. The zero-order valence-corrected chi connectivity index (χ0v) is 13.9. The Labute approximate surface area is 154 Å². The van der Waals surface area contributed by atoms with Crippen molar-refractivity contribution in [3.63, 3.8) is 0 Å². The van der Waals surface area contributed by atoms with E-state index in [1.807, 2.05) is 0 Å². The minimum Gasteiger partial charge on any atom is -0.496 e. The third-order valence-corrected chi connectivity index (χ3v) is 3.65. The lowest BCUT2D eigenvalue weighted by Gasteiger charge is -2.11. The highest BCUT2D eigenvalue weighted by atomic mass is 19.4. The maximum Gasteiger partial charge on any atom is 0.451 e. The van der Waals surface area contributed by atoms with Crippen molar-refractivity contribution in [2.45, 2.75) is 18.5 Å². The molecule has 0 saturated heterocycles. The first-order valence-electron chi connectivity index (χ1n) is 7.39. The molecule has 0 radical (unpaired) electrons. The second kappa shape index (κ2) is 6.49. The Morgan fingerprint density at radius 3 is 2.00 bits per heavy atom.